The molecular weight excluding hydrogens is 224 g/mol. The lowest BCUT2D eigenvalue weighted by Crippen LogP contribution is -1.82. The second kappa shape index (κ2) is 3.79. The van der Waals surface area contributed by atoms with Gasteiger partial charge in [-0.3, -0.25) is 0 Å². The van der Waals surface area contributed by atoms with E-state index in [4.69, 9.17) is 0 Å². The van der Waals surface area contributed by atoms with Gasteiger partial charge < -0.3 is 25.5 Å². The Labute approximate surface area is 96.5 Å². The SMILES string of the molecule is Oc1cccc(-c2c(O)cc(O)c(O)c2O)c1. The highest BCUT2D eigenvalue weighted by Crippen LogP contribution is 2.48. The predicted molar refractivity (Wildman–Crippen MR) is 60.2 cm³/mol. The molecule has 0 amide bonds. The molecule has 0 aliphatic rings. The van der Waals surface area contributed by atoms with E-state index in [0.717, 1.165) is 6.07 Å². The van der Waals surface area contributed by atoms with Gasteiger partial charge in [0.15, 0.2) is 11.5 Å². The van der Waals surface area contributed by atoms with Crippen LogP contribution >= 0.6 is 0 Å². The Bertz CT molecular complexity index is 577. The Balaban J connectivity index is 2.72. The minimum absolute atomic E-state index is 0.0473. The zero-order chi connectivity index (χ0) is 12.6. The number of hydrogen-bond donors (Lipinski definition) is 5. The summed E-state index contributed by atoms with van der Waals surface area (Å²) in [7, 11) is 0. The summed E-state index contributed by atoms with van der Waals surface area (Å²) in [6.07, 6.45) is 0. The van der Waals surface area contributed by atoms with E-state index in [1.165, 1.54) is 24.3 Å². The van der Waals surface area contributed by atoms with Crippen LogP contribution in [0, 0.1) is 0 Å². The topological polar surface area (TPSA) is 101 Å². The van der Waals surface area contributed by atoms with Crippen LogP contribution in [0.1, 0.15) is 0 Å². The van der Waals surface area contributed by atoms with Crippen LogP contribution < -0.4 is 0 Å². The van der Waals surface area contributed by atoms with Crippen LogP contribution in [0.5, 0.6) is 28.7 Å². The predicted octanol–water partition coefficient (Wildman–Crippen LogP) is 1.88. The van der Waals surface area contributed by atoms with Gasteiger partial charge in [0, 0.05) is 6.07 Å². The average molecular weight is 234 g/mol. The van der Waals surface area contributed by atoms with Gasteiger partial charge in [0.25, 0.3) is 0 Å². The molecule has 5 heteroatoms. The van der Waals surface area contributed by atoms with Gasteiger partial charge in [-0.15, -0.1) is 0 Å². The smallest absolute Gasteiger partial charge is 0.201 e. The van der Waals surface area contributed by atoms with Gasteiger partial charge in [-0.1, -0.05) is 12.1 Å². The molecule has 0 bridgehead atoms. The van der Waals surface area contributed by atoms with E-state index in [9.17, 15) is 25.5 Å². The van der Waals surface area contributed by atoms with E-state index in [1.807, 2.05) is 0 Å². The van der Waals surface area contributed by atoms with Crippen molar-refractivity contribution in [3.63, 3.8) is 0 Å². The van der Waals surface area contributed by atoms with Gasteiger partial charge in [-0.05, 0) is 17.7 Å². The summed E-state index contributed by atoms with van der Waals surface area (Å²) in [4.78, 5) is 0. The summed E-state index contributed by atoms with van der Waals surface area (Å²) in [6.45, 7) is 0. The molecule has 0 aliphatic heterocycles. The molecule has 17 heavy (non-hydrogen) atoms. The molecule has 2 aromatic carbocycles. The summed E-state index contributed by atoms with van der Waals surface area (Å²) in [5.41, 5.74) is 0.256. The lowest BCUT2D eigenvalue weighted by atomic mass is 10.0. The van der Waals surface area contributed by atoms with Crippen LogP contribution in [0.4, 0.5) is 0 Å². The number of phenolic OH excluding ortho intramolecular Hbond substituents is 5. The minimum atomic E-state index is -0.721. The molecule has 0 unspecified atom stereocenters. The van der Waals surface area contributed by atoms with Crippen molar-refractivity contribution in [2.24, 2.45) is 0 Å². The zero-order valence-corrected chi connectivity index (χ0v) is 8.62. The Morgan fingerprint density at radius 3 is 2.06 bits per heavy atom. The first-order chi connectivity index (χ1) is 8.00. The van der Waals surface area contributed by atoms with Crippen molar-refractivity contribution in [3.8, 4) is 39.9 Å². The van der Waals surface area contributed by atoms with Gasteiger partial charge >= 0.3 is 0 Å². The number of rotatable bonds is 1. The molecule has 5 nitrogen and oxygen atoms in total. The fraction of sp³-hybridized carbons (Fsp3) is 0. The van der Waals surface area contributed by atoms with Crippen LogP contribution in [-0.2, 0) is 0 Å². The van der Waals surface area contributed by atoms with Gasteiger partial charge in [-0.25, -0.2) is 0 Å². The van der Waals surface area contributed by atoms with Crippen molar-refractivity contribution in [1.82, 2.24) is 0 Å². The average Bonchev–Trinajstić information content (AvgIpc) is 2.26. The van der Waals surface area contributed by atoms with Crippen LogP contribution in [0.15, 0.2) is 30.3 Å². The molecule has 0 atom stereocenters. The van der Waals surface area contributed by atoms with E-state index in [-0.39, 0.29) is 11.3 Å². The van der Waals surface area contributed by atoms with E-state index in [0.29, 0.717) is 5.56 Å². The Morgan fingerprint density at radius 2 is 1.41 bits per heavy atom. The molecular formula is C12H10O5. The molecule has 0 saturated carbocycles. The molecule has 2 rings (SSSR count). The quantitative estimate of drug-likeness (QED) is 0.383. The molecule has 0 aromatic heterocycles. The minimum Gasteiger partial charge on any atom is -0.508 e. The van der Waals surface area contributed by atoms with E-state index in [2.05, 4.69) is 0 Å². The van der Waals surface area contributed by atoms with Gasteiger partial charge in [-0.2, -0.15) is 0 Å². The molecule has 0 aliphatic carbocycles. The summed E-state index contributed by atoms with van der Waals surface area (Å²) in [5, 5.41) is 47.1. The van der Waals surface area contributed by atoms with Gasteiger partial charge in [0.1, 0.15) is 11.5 Å². The fourth-order valence-electron chi connectivity index (χ4n) is 1.58. The van der Waals surface area contributed by atoms with Crippen LogP contribution in [-0.4, -0.2) is 25.5 Å². The molecule has 0 radical (unpaired) electrons. The lowest BCUT2D eigenvalue weighted by Gasteiger charge is -2.10. The normalized spacial score (nSPS) is 10.4. The molecule has 0 saturated heterocycles. The summed E-state index contributed by atoms with van der Waals surface area (Å²) in [5.74, 6) is -2.43. The van der Waals surface area contributed by atoms with Crippen molar-refractivity contribution in [2.45, 2.75) is 0 Å². The summed E-state index contributed by atoms with van der Waals surface area (Å²) >= 11 is 0. The van der Waals surface area contributed by atoms with Crippen molar-refractivity contribution < 1.29 is 25.5 Å². The molecule has 0 heterocycles. The third-order valence-electron chi connectivity index (χ3n) is 2.37. The highest BCUT2D eigenvalue weighted by Gasteiger charge is 2.18. The van der Waals surface area contributed by atoms with Gasteiger partial charge in [0.05, 0.1) is 5.56 Å². The first-order valence-electron chi connectivity index (χ1n) is 4.77. The molecule has 0 fully saturated rings. The Kier molecular flexibility index (Phi) is 2.44. The van der Waals surface area contributed by atoms with E-state index < -0.39 is 23.0 Å². The summed E-state index contributed by atoms with van der Waals surface area (Å²) < 4.78 is 0. The maximum atomic E-state index is 9.65. The van der Waals surface area contributed by atoms with Crippen molar-refractivity contribution in [2.75, 3.05) is 0 Å². The standard InChI is InChI=1S/C12H10O5/c13-7-3-1-2-6(4-7)10-8(14)5-9(15)11(16)12(10)17/h1-5,13-17H. The maximum absolute atomic E-state index is 9.65. The van der Waals surface area contributed by atoms with E-state index >= 15 is 0 Å². The molecule has 88 valence electrons. The van der Waals surface area contributed by atoms with Crippen LogP contribution in [0.3, 0.4) is 0 Å². The van der Waals surface area contributed by atoms with E-state index in [1.54, 1.807) is 0 Å². The third kappa shape index (κ3) is 1.78. The van der Waals surface area contributed by atoms with Crippen molar-refractivity contribution in [1.29, 1.82) is 0 Å². The second-order valence-electron chi connectivity index (χ2n) is 3.54. The molecule has 0 spiro atoms. The zero-order valence-electron chi connectivity index (χ0n) is 8.62. The third-order valence-corrected chi connectivity index (χ3v) is 2.37. The summed E-state index contributed by atoms with van der Waals surface area (Å²) in [6, 6.07) is 6.70. The van der Waals surface area contributed by atoms with Crippen molar-refractivity contribution in [3.05, 3.63) is 30.3 Å². The highest BCUT2D eigenvalue weighted by molar-refractivity contribution is 5.81. The number of aromatic hydroxyl groups is 5. The number of hydrogen-bond acceptors (Lipinski definition) is 5. The molecule has 5 N–H and O–H groups in total. The van der Waals surface area contributed by atoms with Crippen LogP contribution in [0.25, 0.3) is 11.1 Å². The monoisotopic (exact) mass is 234 g/mol. The number of phenols is 5. The Hall–Kier alpha value is -2.56. The lowest BCUT2D eigenvalue weighted by molar-refractivity contribution is 0.362. The number of benzene rings is 2. The second-order valence-corrected chi connectivity index (χ2v) is 3.54. The van der Waals surface area contributed by atoms with Gasteiger partial charge in [0.2, 0.25) is 5.75 Å². The maximum Gasteiger partial charge on any atom is 0.201 e. The first kappa shape index (κ1) is 10.9. The first-order valence-corrected chi connectivity index (χ1v) is 4.77. The highest BCUT2D eigenvalue weighted by atomic mass is 16.3. The van der Waals surface area contributed by atoms with Crippen LogP contribution in [0.2, 0.25) is 0 Å². The largest absolute Gasteiger partial charge is 0.508 e. The fourth-order valence-corrected chi connectivity index (χ4v) is 1.58. The van der Waals surface area contributed by atoms with Crippen molar-refractivity contribution >= 4 is 0 Å². The Morgan fingerprint density at radius 1 is 0.706 bits per heavy atom. The molecule has 2 aromatic rings.